The summed E-state index contributed by atoms with van der Waals surface area (Å²) in [6.45, 7) is 8.11. The number of nitrogens with one attached hydrogen (secondary N) is 3. The SMILES string of the molecule is CCC(=O)N[C@H](Cc1ccc(NC(=O)[C@@H](NC(=O)c2ccnn2C)C2CCCCC2)cc1)C(=O)N1CCN(C(=O)OC(C)(C)C)[C@@H](Cc2ccccc2)C1. The molecule has 3 N–H and O–H groups in total. The zero-order valence-corrected chi connectivity index (χ0v) is 32.2. The zero-order chi connectivity index (χ0) is 38.8. The van der Waals surface area contributed by atoms with E-state index in [1.165, 1.54) is 4.68 Å². The minimum absolute atomic E-state index is 0.0161. The number of rotatable bonds is 12. The Balaban J connectivity index is 1.28. The van der Waals surface area contributed by atoms with E-state index >= 15 is 0 Å². The molecule has 0 bridgehead atoms. The lowest BCUT2D eigenvalue weighted by atomic mass is 9.83. The van der Waals surface area contributed by atoms with Crippen LogP contribution in [-0.2, 0) is 39.0 Å². The van der Waals surface area contributed by atoms with Crippen LogP contribution in [0.3, 0.4) is 0 Å². The predicted octanol–water partition coefficient (Wildman–Crippen LogP) is 4.87. The molecule has 1 saturated heterocycles. The fraction of sp³-hybridized carbons (Fsp3) is 0.512. The molecule has 0 spiro atoms. The van der Waals surface area contributed by atoms with Gasteiger partial charge in [0, 0.05) is 51.4 Å². The molecular formula is C41H55N7O6. The molecule has 0 radical (unpaired) electrons. The molecule has 54 heavy (non-hydrogen) atoms. The van der Waals surface area contributed by atoms with Crippen LogP contribution in [0.4, 0.5) is 10.5 Å². The van der Waals surface area contributed by atoms with E-state index in [2.05, 4.69) is 21.0 Å². The molecular weight excluding hydrogens is 686 g/mol. The third-order valence-electron chi connectivity index (χ3n) is 10.1. The maximum absolute atomic E-state index is 14.2. The van der Waals surface area contributed by atoms with Gasteiger partial charge in [0.2, 0.25) is 17.7 Å². The van der Waals surface area contributed by atoms with Crippen molar-refractivity contribution in [2.45, 2.75) is 103 Å². The molecule has 3 atom stereocenters. The van der Waals surface area contributed by atoms with Gasteiger partial charge in [0.15, 0.2) is 0 Å². The highest BCUT2D eigenvalue weighted by Gasteiger charge is 2.37. The number of aromatic nitrogens is 2. The summed E-state index contributed by atoms with van der Waals surface area (Å²) in [6.07, 6.45) is 6.95. The minimum Gasteiger partial charge on any atom is -0.444 e. The Morgan fingerprint density at radius 3 is 2.22 bits per heavy atom. The van der Waals surface area contributed by atoms with Gasteiger partial charge in [-0.15, -0.1) is 0 Å². The average Bonchev–Trinajstić information content (AvgIpc) is 3.59. The maximum Gasteiger partial charge on any atom is 0.410 e. The van der Waals surface area contributed by atoms with E-state index in [0.29, 0.717) is 30.9 Å². The molecule has 5 amide bonds. The average molecular weight is 742 g/mol. The molecule has 13 nitrogen and oxygen atoms in total. The molecule has 3 aromatic rings. The third-order valence-corrected chi connectivity index (χ3v) is 10.1. The number of aryl methyl sites for hydroxylation is 1. The van der Waals surface area contributed by atoms with Gasteiger partial charge in [0.25, 0.3) is 5.91 Å². The van der Waals surface area contributed by atoms with Crippen LogP contribution in [0, 0.1) is 5.92 Å². The molecule has 2 aliphatic rings. The van der Waals surface area contributed by atoms with Gasteiger partial charge in [0.1, 0.15) is 23.4 Å². The number of carbonyl (C=O) groups excluding carboxylic acids is 5. The molecule has 2 aromatic carbocycles. The Bertz CT molecular complexity index is 1750. The molecule has 5 rings (SSSR count). The van der Waals surface area contributed by atoms with Crippen LogP contribution >= 0.6 is 0 Å². The lowest BCUT2D eigenvalue weighted by Crippen LogP contribution is -2.61. The molecule has 1 aliphatic carbocycles. The second kappa shape index (κ2) is 18.2. The number of anilines is 1. The Morgan fingerprint density at radius 1 is 0.889 bits per heavy atom. The van der Waals surface area contributed by atoms with Crippen molar-refractivity contribution >= 4 is 35.4 Å². The van der Waals surface area contributed by atoms with Crippen LogP contribution in [0.25, 0.3) is 0 Å². The van der Waals surface area contributed by atoms with Gasteiger partial charge in [-0.3, -0.25) is 23.9 Å². The number of hydrogen-bond acceptors (Lipinski definition) is 7. The normalized spacial score (nSPS) is 17.6. The molecule has 1 aromatic heterocycles. The van der Waals surface area contributed by atoms with Crippen molar-refractivity contribution in [3.05, 3.63) is 83.7 Å². The van der Waals surface area contributed by atoms with Gasteiger partial charge in [0.05, 0.1) is 6.04 Å². The second-order valence-corrected chi connectivity index (χ2v) is 15.4. The number of carbonyl (C=O) groups is 5. The number of hydrogen-bond donors (Lipinski definition) is 3. The Kier molecular flexibility index (Phi) is 13.5. The maximum atomic E-state index is 14.2. The molecule has 290 valence electrons. The van der Waals surface area contributed by atoms with E-state index in [-0.39, 0.29) is 55.0 Å². The van der Waals surface area contributed by atoms with Crippen molar-refractivity contribution in [2.75, 3.05) is 25.0 Å². The molecule has 2 fully saturated rings. The Labute approximate surface area is 318 Å². The summed E-state index contributed by atoms with van der Waals surface area (Å²) in [7, 11) is 1.69. The number of amides is 5. The quantitative estimate of drug-likeness (QED) is 0.240. The van der Waals surface area contributed by atoms with Crippen LogP contribution in [0.2, 0.25) is 0 Å². The zero-order valence-electron chi connectivity index (χ0n) is 32.2. The minimum atomic E-state index is -0.832. The molecule has 1 saturated carbocycles. The van der Waals surface area contributed by atoms with Gasteiger partial charge < -0.3 is 30.5 Å². The van der Waals surface area contributed by atoms with E-state index in [1.807, 2.05) is 63.2 Å². The Hall–Kier alpha value is -5.20. The van der Waals surface area contributed by atoms with Crippen molar-refractivity contribution in [2.24, 2.45) is 13.0 Å². The molecule has 1 aliphatic heterocycles. The number of ether oxygens (including phenoxy) is 1. The van der Waals surface area contributed by atoms with Gasteiger partial charge in [-0.1, -0.05) is 68.7 Å². The van der Waals surface area contributed by atoms with Crippen molar-refractivity contribution in [1.82, 2.24) is 30.2 Å². The van der Waals surface area contributed by atoms with E-state index in [0.717, 1.165) is 43.2 Å². The van der Waals surface area contributed by atoms with Gasteiger partial charge in [-0.05, 0) is 75.3 Å². The van der Waals surface area contributed by atoms with Gasteiger partial charge >= 0.3 is 6.09 Å². The van der Waals surface area contributed by atoms with E-state index < -0.39 is 23.8 Å². The van der Waals surface area contributed by atoms with E-state index in [4.69, 9.17) is 4.74 Å². The summed E-state index contributed by atoms with van der Waals surface area (Å²) in [4.78, 5) is 70.3. The van der Waals surface area contributed by atoms with Crippen molar-refractivity contribution < 1.29 is 28.7 Å². The largest absolute Gasteiger partial charge is 0.444 e. The summed E-state index contributed by atoms with van der Waals surface area (Å²) in [6, 6.07) is 16.8. The van der Waals surface area contributed by atoms with Crippen LogP contribution in [0.15, 0.2) is 66.9 Å². The topological polar surface area (TPSA) is 155 Å². The van der Waals surface area contributed by atoms with Crippen LogP contribution in [0.1, 0.15) is 87.8 Å². The summed E-state index contributed by atoms with van der Waals surface area (Å²) in [5.41, 5.74) is 2.10. The standard InChI is InChI=1S/C41H55N7O6/c1-6-35(49)44-33(39(52)47-23-24-48(40(53)54-41(2,3)4)32(27-47)25-28-13-9-7-10-14-28)26-29-17-19-31(20-18-29)43-38(51)36(30-15-11-8-12-16-30)45-37(50)34-21-22-42-46(34)5/h7,9-10,13-14,17-22,30,32-33,36H,6,8,11-12,15-16,23-27H2,1-5H3,(H,43,51)(H,44,49)(H,45,50)/t32-,33+,36-/m0/s1. The first-order chi connectivity index (χ1) is 25.8. The molecule has 0 unspecified atom stereocenters. The fourth-order valence-corrected chi connectivity index (χ4v) is 7.25. The highest BCUT2D eigenvalue weighted by molar-refractivity contribution is 6.00. The number of nitrogens with zero attached hydrogens (tertiary/aromatic N) is 4. The second-order valence-electron chi connectivity index (χ2n) is 15.4. The first-order valence-electron chi connectivity index (χ1n) is 19.1. The van der Waals surface area contributed by atoms with Crippen LogP contribution in [-0.4, -0.2) is 92.7 Å². The van der Waals surface area contributed by atoms with Crippen LogP contribution < -0.4 is 16.0 Å². The molecule has 2 heterocycles. The summed E-state index contributed by atoms with van der Waals surface area (Å²) in [5.74, 6) is -1.09. The Morgan fingerprint density at radius 2 is 1.59 bits per heavy atom. The molecule has 13 heteroatoms. The van der Waals surface area contributed by atoms with E-state index in [1.54, 1.807) is 48.2 Å². The lowest BCUT2D eigenvalue weighted by Gasteiger charge is -2.42. The summed E-state index contributed by atoms with van der Waals surface area (Å²) in [5, 5.41) is 13.0. The summed E-state index contributed by atoms with van der Waals surface area (Å²) < 4.78 is 7.21. The van der Waals surface area contributed by atoms with Crippen molar-refractivity contribution in [3.8, 4) is 0 Å². The summed E-state index contributed by atoms with van der Waals surface area (Å²) >= 11 is 0. The first-order valence-corrected chi connectivity index (χ1v) is 19.1. The van der Waals surface area contributed by atoms with Crippen molar-refractivity contribution in [3.63, 3.8) is 0 Å². The van der Waals surface area contributed by atoms with Crippen LogP contribution in [0.5, 0.6) is 0 Å². The highest BCUT2D eigenvalue weighted by Crippen LogP contribution is 2.28. The monoisotopic (exact) mass is 741 g/mol. The lowest BCUT2D eigenvalue weighted by molar-refractivity contribution is -0.139. The number of piperazine rings is 1. The van der Waals surface area contributed by atoms with Gasteiger partial charge in [-0.25, -0.2) is 4.79 Å². The smallest absolute Gasteiger partial charge is 0.410 e. The van der Waals surface area contributed by atoms with Gasteiger partial charge in [-0.2, -0.15) is 5.10 Å². The van der Waals surface area contributed by atoms with Crippen molar-refractivity contribution in [1.29, 1.82) is 0 Å². The fourth-order valence-electron chi connectivity index (χ4n) is 7.25. The third kappa shape index (κ3) is 10.9. The highest BCUT2D eigenvalue weighted by atomic mass is 16.6. The van der Waals surface area contributed by atoms with E-state index in [9.17, 15) is 24.0 Å². The first kappa shape index (κ1) is 40.0. The number of benzene rings is 2. The predicted molar refractivity (Wildman–Crippen MR) is 205 cm³/mol.